The van der Waals surface area contributed by atoms with E-state index >= 15 is 0 Å². The number of benzene rings is 5. The Balaban J connectivity index is 1.28. The maximum absolute atomic E-state index is 5.14. The molecule has 4 aromatic heterocycles. The summed E-state index contributed by atoms with van der Waals surface area (Å²) in [6.07, 6.45) is 5.86. The van der Waals surface area contributed by atoms with E-state index in [4.69, 9.17) is 4.98 Å². The average Bonchev–Trinajstić information content (AvgIpc) is 3.68. The quantitative estimate of drug-likeness (QED) is 0.221. The number of fused-ring (bicyclic) bond motifs is 9. The molecule has 194 valence electrons. The Bertz CT molecular complexity index is 2500. The van der Waals surface area contributed by atoms with Gasteiger partial charge in [0.05, 0.1) is 22.1 Å². The molecular formula is C38H22N4. The van der Waals surface area contributed by atoms with Crippen molar-refractivity contribution in [3.63, 3.8) is 0 Å². The van der Waals surface area contributed by atoms with Gasteiger partial charge >= 0.3 is 0 Å². The van der Waals surface area contributed by atoms with Crippen LogP contribution in [-0.4, -0.2) is 19.1 Å². The molecule has 10 rings (SSSR count). The zero-order chi connectivity index (χ0) is 27.4. The van der Waals surface area contributed by atoms with Gasteiger partial charge in [-0.25, -0.2) is 4.98 Å². The van der Waals surface area contributed by atoms with E-state index in [0.29, 0.717) is 0 Å². The molecular weight excluding hydrogens is 512 g/mol. The number of hydrogen-bond donors (Lipinski definition) is 0. The molecule has 1 aliphatic rings. The molecule has 0 amide bonds. The Kier molecular flexibility index (Phi) is 4.15. The molecule has 0 radical (unpaired) electrons. The number of rotatable bonds is 2. The highest BCUT2D eigenvalue weighted by Crippen LogP contribution is 2.48. The zero-order valence-corrected chi connectivity index (χ0v) is 22.5. The Hall–Kier alpha value is -5.74. The first-order chi connectivity index (χ1) is 20.9. The SMILES string of the molecule is c1cc2c3c(cnc(-n4c5ccccc5c5cc(-n6c7ccccc7c7ccccc76)ccc54)c3c1)-c1cnccc1-2. The molecule has 0 unspecified atom stereocenters. The number of para-hydroxylation sites is 3. The van der Waals surface area contributed by atoms with Crippen molar-refractivity contribution in [3.8, 4) is 33.8 Å². The minimum absolute atomic E-state index is 0.951. The van der Waals surface area contributed by atoms with Crippen molar-refractivity contribution < 1.29 is 0 Å². The lowest BCUT2D eigenvalue weighted by Gasteiger charge is -2.12. The van der Waals surface area contributed by atoms with Gasteiger partial charge in [-0.1, -0.05) is 72.8 Å². The second-order valence-electron chi connectivity index (χ2n) is 11.1. The number of hydrogen-bond acceptors (Lipinski definition) is 2. The van der Waals surface area contributed by atoms with Gasteiger partial charge in [0.2, 0.25) is 0 Å². The van der Waals surface area contributed by atoms with Crippen LogP contribution in [0.3, 0.4) is 0 Å². The molecule has 0 atom stereocenters. The topological polar surface area (TPSA) is 35.6 Å². The lowest BCUT2D eigenvalue weighted by atomic mass is 10.0. The van der Waals surface area contributed by atoms with E-state index in [2.05, 4.69) is 129 Å². The molecule has 0 aliphatic heterocycles. The molecule has 0 saturated heterocycles. The Morgan fingerprint density at radius 2 is 1.07 bits per heavy atom. The van der Waals surface area contributed by atoms with Gasteiger partial charge in [-0.3, -0.25) is 9.55 Å². The fourth-order valence-corrected chi connectivity index (χ4v) is 7.27. The van der Waals surface area contributed by atoms with Gasteiger partial charge in [0.15, 0.2) is 0 Å². The van der Waals surface area contributed by atoms with Crippen molar-refractivity contribution in [1.29, 1.82) is 0 Å². The highest BCUT2D eigenvalue weighted by atomic mass is 15.1. The molecule has 1 aliphatic carbocycles. The van der Waals surface area contributed by atoms with Gasteiger partial charge in [-0.15, -0.1) is 0 Å². The van der Waals surface area contributed by atoms with E-state index in [9.17, 15) is 0 Å². The fraction of sp³-hybridized carbons (Fsp3) is 0. The zero-order valence-electron chi connectivity index (χ0n) is 22.5. The largest absolute Gasteiger partial charge is 0.309 e. The summed E-state index contributed by atoms with van der Waals surface area (Å²) >= 11 is 0. The standard InChI is InChI=1S/C38H22N4/c1-4-13-33-25(8-1)26-9-2-5-14-34(26)41(33)23-16-17-36-30(20-23)27-10-3-6-15-35(27)42(36)38-29-12-7-11-28-24-18-19-39-21-31(24)32(22-40-38)37(28)29/h1-22H. The van der Waals surface area contributed by atoms with Crippen molar-refractivity contribution in [2.24, 2.45) is 0 Å². The highest BCUT2D eigenvalue weighted by Gasteiger charge is 2.25. The summed E-state index contributed by atoms with van der Waals surface area (Å²) < 4.78 is 4.73. The first kappa shape index (κ1) is 22.0. The molecule has 0 N–H and O–H groups in total. The second kappa shape index (κ2) is 7.93. The van der Waals surface area contributed by atoms with Gasteiger partial charge in [-0.05, 0) is 53.6 Å². The molecule has 4 heterocycles. The van der Waals surface area contributed by atoms with Crippen LogP contribution in [0.15, 0.2) is 134 Å². The van der Waals surface area contributed by atoms with Crippen LogP contribution in [0.4, 0.5) is 0 Å². The molecule has 0 saturated carbocycles. The van der Waals surface area contributed by atoms with Crippen LogP contribution in [-0.2, 0) is 0 Å². The molecule has 5 aromatic carbocycles. The second-order valence-corrected chi connectivity index (χ2v) is 11.1. The van der Waals surface area contributed by atoms with Gasteiger partial charge in [0.1, 0.15) is 5.82 Å². The Morgan fingerprint density at radius 3 is 1.83 bits per heavy atom. The van der Waals surface area contributed by atoms with E-state index in [1.54, 1.807) is 0 Å². The van der Waals surface area contributed by atoms with E-state index in [1.807, 2.05) is 18.6 Å². The molecule has 0 fully saturated rings. The lowest BCUT2D eigenvalue weighted by Crippen LogP contribution is -1.99. The summed E-state index contributed by atoms with van der Waals surface area (Å²) in [6.45, 7) is 0. The van der Waals surface area contributed by atoms with E-state index in [0.717, 1.165) is 39.1 Å². The summed E-state index contributed by atoms with van der Waals surface area (Å²) in [4.78, 5) is 9.55. The van der Waals surface area contributed by atoms with E-state index in [1.165, 1.54) is 49.1 Å². The van der Waals surface area contributed by atoms with Crippen molar-refractivity contribution in [2.45, 2.75) is 0 Å². The summed E-state index contributed by atoms with van der Waals surface area (Å²) in [7, 11) is 0. The Morgan fingerprint density at radius 1 is 0.429 bits per heavy atom. The molecule has 4 heteroatoms. The van der Waals surface area contributed by atoms with Crippen LogP contribution in [0.1, 0.15) is 0 Å². The maximum Gasteiger partial charge on any atom is 0.145 e. The summed E-state index contributed by atoms with van der Waals surface area (Å²) in [5.41, 5.74) is 10.7. The smallest absolute Gasteiger partial charge is 0.145 e. The lowest BCUT2D eigenvalue weighted by molar-refractivity contribution is 1.10. The van der Waals surface area contributed by atoms with Gasteiger partial charge in [-0.2, -0.15) is 0 Å². The molecule has 4 nitrogen and oxygen atoms in total. The summed E-state index contributed by atoms with van der Waals surface area (Å²) in [5.74, 6) is 0.951. The number of pyridine rings is 2. The van der Waals surface area contributed by atoms with Crippen LogP contribution in [0.5, 0.6) is 0 Å². The first-order valence-corrected chi connectivity index (χ1v) is 14.3. The van der Waals surface area contributed by atoms with Crippen molar-refractivity contribution >= 4 is 54.4 Å². The van der Waals surface area contributed by atoms with Crippen LogP contribution < -0.4 is 0 Å². The molecule has 42 heavy (non-hydrogen) atoms. The van der Waals surface area contributed by atoms with Crippen LogP contribution >= 0.6 is 0 Å². The molecule has 0 bridgehead atoms. The summed E-state index contributed by atoms with van der Waals surface area (Å²) in [6, 6.07) is 41.6. The predicted octanol–water partition coefficient (Wildman–Crippen LogP) is 9.47. The average molecular weight is 535 g/mol. The fourth-order valence-electron chi connectivity index (χ4n) is 7.27. The third-order valence-electron chi connectivity index (χ3n) is 9.00. The van der Waals surface area contributed by atoms with Crippen molar-refractivity contribution in [1.82, 2.24) is 19.1 Å². The van der Waals surface area contributed by atoms with Gasteiger partial charge < -0.3 is 4.57 Å². The van der Waals surface area contributed by atoms with Crippen molar-refractivity contribution in [3.05, 3.63) is 134 Å². The first-order valence-electron chi connectivity index (χ1n) is 14.3. The van der Waals surface area contributed by atoms with Gasteiger partial charge in [0.25, 0.3) is 0 Å². The third kappa shape index (κ3) is 2.71. The summed E-state index contributed by atoms with van der Waals surface area (Å²) in [5, 5.41) is 7.36. The van der Waals surface area contributed by atoms with Crippen molar-refractivity contribution in [2.75, 3.05) is 0 Å². The highest BCUT2D eigenvalue weighted by molar-refractivity contribution is 6.18. The number of nitrogens with zero attached hydrogens (tertiary/aromatic N) is 4. The van der Waals surface area contributed by atoms with Gasteiger partial charge in [0, 0.05) is 67.7 Å². The predicted molar refractivity (Wildman–Crippen MR) is 173 cm³/mol. The van der Waals surface area contributed by atoms with E-state index in [-0.39, 0.29) is 0 Å². The normalized spacial score (nSPS) is 12.3. The third-order valence-corrected chi connectivity index (χ3v) is 9.00. The number of aromatic nitrogens is 4. The minimum atomic E-state index is 0.951. The van der Waals surface area contributed by atoms with Crippen LogP contribution in [0, 0.1) is 0 Å². The monoisotopic (exact) mass is 534 g/mol. The molecule has 0 spiro atoms. The van der Waals surface area contributed by atoms with Crippen LogP contribution in [0.2, 0.25) is 0 Å². The molecule has 9 aromatic rings. The van der Waals surface area contributed by atoms with E-state index < -0.39 is 0 Å². The minimum Gasteiger partial charge on any atom is -0.309 e. The van der Waals surface area contributed by atoms with Crippen LogP contribution in [0.25, 0.3) is 88.1 Å². The maximum atomic E-state index is 5.14. The Labute approximate surface area is 240 Å².